The second-order valence-electron chi connectivity index (χ2n) is 7.00. The predicted molar refractivity (Wildman–Crippen MR) is 122 cm³/mol. The first-order valence-electron chi connectivity index (χ1n) is 10.4. The summed E-state index contributed by atoms with van der Waals surface area (Å²) < 4.78 is 11.4. The summed E-state index contributed by atoms with van der Waals surface area (Å²) in [4.78, 5) is 24.6. The van der Waals surface area contributed by atoms with Crippen LogP contribution >= 0.6 is 0 Å². The Balaban J connectivity index is 1.46. The summed E-state index contributed by atoms with van der Waals surface area (Å²) in [5.74, 6) is 0.433. The number of unbranched alkanes of at least 4 members (excludes halogenated alkanes) is 1. The molecule has 0 saturated heterocycles. The second-order valence-corrected chi connectivity index (χ2v) is 7.00. The number of ether oxygens (including phenoxy) is 2. The summed E-state index contributed by atoms with van der Waals surface area (Å²) in [7, 11) is 0. The Bertz CT molecular complexity index is 980. The van der Waals surface area contributed by atoms with Crippen LogP contribution in [-0.4, -0.2) is 31.4 Å². The fourth-order valence-electron chi connectivity index (χ4n) is 2.98. The minimum Gasteiger partial charge on any atom is -0.493 e. The van der Waals surface area contributed by atoms with Gasteiger partial charge in [-0.1, -0.05) is 91.0 Å². The van der Waals surface area contributed by atoms with Crippen LogP contribution in [0, 0.1) is 0 Å². The van der Waals surface area contributed by atoms with Gasteiger partial charge in [0.05, 0.1) is 6.61 Å². The number of benzene rings is 3. The smallest absolute Gasteiger partial charge is 0.189 e. The first-order valence-corrected chi connectivity index (χ1v) is 10.4. The van der Waals surface area contributed by atoms with Gasteiger partial charge in [-0.3, -0.25) is 9.59 Å². The van der Waals surface area contributed by atoms with Gasteiger partial charge < -0.3 is 9.47 Å². The maximum Gasteiger partial charge on any atom is 0.189 e. The average molecular weight is 415 g/mol. The molecule has 0 aliphatic carbocycles. The first kappa shape index (κ1) is 22.2. The van der Waals surface area contributed by atoms with Gasteiger partial charge >= 0.3 is 0 Å². The highest BCUT2D eigenvalue weighted by molar-refractivity contribution is 6.07. The Morgan fingerprint density at radius 1 is 0.645 bits per heavy atom. The lowest BCUT2D eigenvalue weighted by Gasteiger charge is -2.11. The van der Waals surface area contributed by atoms with E-state index in [-0.39, 0.29) is 18.2 Å². The molecule has 0 bridgehead atoms. The molecule has 31 heavy (non-hydrogen) atoms. The normalized spacial score (nSPS) is 11.2. The van der Waals surface area contributed by atoms with Crippen LogP contribution < -0.4 is 0 Å². The molecule has 158 valence electrons. The molecule has 0 amide bonds. The van der Waals surface area contributed by atoms with Crippen LogP contribution in [0.2, 0.25) is 0 Å². The number of ketones is 2. The van der Waals surface area contributed by atoms with E-state index in [1.165, 1.54) is 0 Å². The third-order valence-corrected chi connectivity index (χ3v) is 4.65. The van der Waals surface area contributed by atoms with Crippen molar-refractivity contribution in [3.05, 3.63) is 114 Å². The Hall–Kier alpha value is -3.50. The van der Waals surface area contributed by atoms with Crippen molar-refractivity contribution >= 4 is 17.3 Å². The van der Waals surface area contributed by atoms with E-state index in [1.807, 2.05) is 66.7 Å². The maximum absolute atomic E-state index is 12.6. The van der Waals surface area contributed by atoms with Crippen LogP contribution in [0.4, 0.5) is 0 Å². The lowest BCUT2D eigenvalue weighted by Crippen LogP contribution is -2.10. The average Bonchev–Trinajstić information content (AvgIpc) is 2.84. The maximum atomic E-state index is 12.6. The van der Waals surface area contributed by atoms with Gasteiger partial charge in [-0.15, -0.1) is 0 Å². The highest BCUT2D eigenvalue weighted by atomic mass is 16.5. The van der Waals surface area contributed by atoms with Gasteiger partial charge in [-0.05, 0) is 12.8 Å². The number of carbonyl (C=O) groups is 2. The molecule has 0 heterocycles. The summed E-state index contributed by atoms with van der Waals surface area (Å²) in [5, 5.41) is 0. The van der Waals surface area contributed by atoms with Crippen molar-refractivity contribution in [3.63, 3.8) is 0 Å². The zero-order chi connectivity index (χ0) is 21.7. The van der Waals surface area contributed by atoms with Gasteiger partial charge in [-0.25, -0.2) is 0 Å². The largest absolute Gasteiger partial charge is 0.493 e. The molecule has 0 spiro atoms. The van der Waals surface area contributed by atoms with Crippen LogP contribution in [-0.2, 0) is 9.47 Å². The number of Topliss-reactive ketones (excluding diaryl/α,β-unsaturated/α-hetero) is 1. The van der Waals surface area contributed by atoms with Crippen molar-refractivity contribution in [1.29, 1.82) is 0 Å². The first-order chi connectivity index (χ1) is 15.2. The molecular formula is C27H26O4. The molecular weight excluding hydrogens is 388 g/mol. The van der Waals surface area contributed by atoms with Crippen molar-refractivity contribution in [3.8, 4) is 0 Å². The standard InChI is InChI=1S/C27H26O4/c28-25(22-12-4-1-5-13-22)20-27(24-16-8-3-9-17-24)31-19-11-10-18-30-21-26(29)23-14-6-2-7-15-23/h1-9,12-17,20H,10-11,18-19,21H2/b27-20+. The predicted octanol–water partition coefficient (Wildman–Crippen LogP) is 5.61. The van der Waals surface area contributed by atoms with E-state index in [0.717, 1.165) is 18.4 Å². The third kappa shape index (κ3) is 7.36. The van der Waals surface area contributed by atoms with E-state index in [4.69, 9.17) is 9.47 Å². The monoisotopic (exact) mass is 414 g/mol. The van der Waals surface area contributed by atoms with E-state index in [0.29, 0.717) is 30.1 Å². The Morgan fingerprint density at radius 2 is 1.16 bits per heavy atom. The molecule has 0 N–H and O–H groups in total. The minimum absolute atomic E-state index is 0.0226. The van der Waals surface area contributed by atoms with Crippen LogP contribution in [0.3, 0.4) is 0 Å². The van der Waals surface area contributed by atoms with Gasteiger partial charge in [0.2, 0.25) is 0 Å². The van der Waals surface area contributed by atoms with E-state index in [1.54, 1.807) is 30.3 Å². The lowest BCUT2D eigenvalue weighted by molar-refractivity contribution is 0.0746. The Labute approximate surface area is 183 Å². The second kappa shape index (κ2) is 12.3. The summed E-state index contributed by atoms with van der Waals surface area (Å²) in [6, 6.07) is 27.8. The number of hydrogen-bond acceptors (Lipinski definition) is 4. The Morgan fingerprint density at radius 3 is 1.77 bits per heavy atom. The van der Waals surface area contributed by atoms with Crippen molar-refractivity contribution < 1.29 is 19.1 Å². The van der Waals surface area contributed by atoms with Crippen LogP contribution in [0.1, 0.15) is 39.1 Å². The summed E-state index contributed by atoms with van der Waals surface area (Å²) in [6.45, 7) is 1.01. The highest BCUT2D eigenvalue weighted by Gasteiger charge is 2.09. The van der Waals surface area contributed by atoms with Crippen molar-refractivity contribution in [2.45, 2.75) is 12.8 Å². The van der Waals surface area contributed by atoms with Gasteiger partial charge in [0.15, 0.2) is 11.6 Å². The fourth-order valence-corrected chi connectivity index (χ4v) is 2.98. The minimum atomic E-state index is -0.0952. The van der Waals surface area contributed by atoms with Crippen LogP contribution in [0.5, 0.6) is 0 Å². The third-order valence-electron chi connectivity index (χ3n) is 4.65. The van der Waals surface area contributed by atoms with Gasteiger partial charge in [-0.2, -0.15) is 0 Å². The molecule has 0 atom stereocenters. The molecule has 0 aliphatic heterocycles. The van der Waals surface area contributed by atoms with Gasteiger partial charge in [0, 0.05) is 29.4 Å². The van der Waals surface area contributed by atoms with Crippen LogP contribution in [0.25, 0.3) is 5.76 Å². The summed E-state index contributed by atoms with van der Waals surface area (Å²) >= 11 is 0. The SMILES string of the molecule is O=C(/C=C(/OCCCCOCC(=O)c1ccccc1)c1ccccc1)c1ccccc1. The highest BCUT2D eigenvalue weighted by Crippen LogP contribution is 2.18. The van der Waals surface area contributed by atoms with Crippen LogP contribution in [0.15, 0.2) is 97.1 Å². The quantitative estimate of drug-likeness (QED) is 0.167. The van der Waals surface area contributed by atoms with E-state index in [9.17, 15) is 9.59 Å². The van der Waals surface area contributed by atoms with E-state index < -0.39 is 0 Å². The van der Waals surface area contributed by atoms with Crippen molar-refractivity contribution in [1.82, 2.24) is 0 Å². The molecule has 0 aliphatic rings. The number of hydrogen-bond donors (Lipinski definition) is 0. The zero-order valence-electron chi connectivity index (χ0n) is 17.4. The number of carbonyl (C=O) groups excluding carboxylic acids is 2. The van der Waals surface area contributed by atoms with Crippen molar-refractivity contribution in [2.75, 3.05) is 19.8 Å². The molecule has 0 unspecified atom stereocenters. The molecule has 3 aromatic rings. The number of allylic oxidation sites excluding steroid dienone is 1. The van der Waals surface area contributed by atoms with E-state index >= 15 is 0 Å². The molecule has 0 saturated carbocycles. The molecule has 0 radical (unpaired) electrons. The molecule has 0 fully saturated rings. The molecule has 0 aromatic heterocycles. The molecule has 4 nitrogen and oxygen atoms in total. The zero-order valence-corrected chi connectivity index (χ0v) is 17.4. The lowest BCUT2D eigenvalue weighted by atomic mass is 10.1. The Kier molecular flexibility index (Phi) is 8.77. The molecule has 4 heteroatoms. The van der Waals surface area contributed by atoms with Gasteiger partial charge in [0.1, 0.15) is 12.4 Å². The number of rotatable bonds is 12. The summed E-state index contributed by atoms with van der Waals surface area (Å²) in [6.07, 6.45) is 3.06. The topological polar surface area (TPSA) is 52.6 Å². The van der Waals surface area contributed by atoms with Crippen molar-refractivity contribution in [2.24, 2.45) is 0 Å². The molecule has 3 aromatic carbocycles. The summed E-state index contributed by atoms with van der Waals surface area (Å²) in [5.41, 5.74) is 2.14. The molecule has 3 rings (SSSR count). The van der Waals surface area contributed by atoms with Gasteiger partial charge in [0.25, 0.3) is 0 Å². The van der Waals surface area contributed by atoms with E-state index in [2.05, 4.69) is 0 Å². The fraction of sp³-hybridized carbons (Fsp3) is 0.185.